The van der Waals surface area contributed by atoms with Gasteiger partial charge in [0.2, 0.25) is 5.91 Å². The number of carbonyl (C=O) groups is 1. The van der Waals surface area contributed by atoms with E-state index in [1.807, 2.05) is 0 Å². The molecule has 1 heterocycles. The van der Waals surface area contributed by atoms with Crippen molar-refractivity contribution in [1.29, 1.82) is 0 Å². The van der Waals surface area contributed by atoms with Crippen molar-refractivity contribution in [3.8, 4) is 5.75 Å². The molecule has 7 heteroatoms. The van der Waals surface area contributed by atoms with Crippen LogP contribution in [0, 0.1) is 0 Å². The summed E-state index contributed by atoms with van der Waals surface area (Å²) in [6.07, 6.45) is 0. The number of benzene rings is 1. The van der Waals surface area contributed by atoms with Gasteiger partial charge in [0, 0.05) is 19.6 Å². The molecule has 0 bridgehead atoms. The quantitative estimate of drug-likeness (QED) is 0.758. The lowest BCUT2D eigenvalue weighted by atomic mass is 10.1. The van der Waals surface area contributed by atoms with Gasteiger partial charge in [0.05, 0.1) is 15.7 Å². The largest absolute Gasteiger partial charge is 0.506 e. The SMILES string of the molecule is NC(=O)C1CN(c2c(O)ccc(Cl)c2Cl)CCN1. The van der Waals surface area contributed by atoms with E-state index in [9.17, 15) is 9.90 Å². The van der Waals surface area contributed by atoms with Crippen LogP contribution in [-0.4, -0.2) is 36.7 Å². The minimum Gasteiger partial charge on any atom is -0.506 e. The van der Waals surface area contributed by atoms with Gasteiger partial charge in [0.15, 0.2) is 0 Å². The Labute approximate surface area is 114 Å². The molecule has 18 heavy (non-hydrogen) atoms. The minimum atomic E-state index is -0.465. The first kappa shape index (κ1) is 13.3. The van der Waals surface area contributed by atoms with E-state index < -0.39 is 11.9 Å². The number of nitrogens with one attached hydrogen (secondary N) is 1. The van der Waals surface area contributed by atoms with E-state index in [4.69, 9.17) is 28.9 Å². The van der Waals surface area contributed by atoms with E-state index in [2.05, 4.69) is 5.32 Å². The zero-order valence-electron chi connectivity index (χ0n) is 9.49. The van der Waals surface area contributed by atoms with Crippen LogP contribution in [0.1, 0.15) is 0 Å². The van der Waals surface area contributed by atoms with Crippen molar-refractivity contribution in [3.05, 3.63) is 22.2 Å². The summed E-state index contributed by atoms with van der Waals surface area (Å²) < 4.78 is 0. The molecular formula is C11H13Cl2N3O2. The monoisotopic (exact) mass is 289 g/mol. The van der Waals surface area contributed by atoms with Crippen LogP contribution in [0.3, 0.4) is 0 Å². The Morgan fingerprint density at radius 2 is 2.22 bits per heavy atom. The number of rotatable bonds is 2. The maximum Gasteiger partial charge on any atom is 0.236 e. The molecule has 0 radical (unpaired) electrons. The van der Waals surface area contributed by atoms with Crippen LogP contribution in [-0.2, 0) is 4.79 Å². The van der Waals surface area contributed by atoms with E-state index in [0.29, 0.717) is 30.3 Å². The molecule has 1 fully saturated rings. The van der Waals surface area contributed by atoms with E-state index >= 15 is 0 Å². The minimum absolute atomic E-state index is 0.0366. The molecule has 1 unspecified atom stereocenters. The molecule has 1 aromatic carbocycles. The highest BCUT2D eigenvalue weighted by atomic mass is 35.5. The van der Waals surface area contributed by atoms with Crippen molar-refractivity contribution >= 4 is 34.8 Å². The van der Waals surface area contributed by atoms with E-state index in [-0.39, 0.29) is 10.8 Å². The first-order valence-corrected chi connectivity index (χ1v) is 6.21. The number of hydrogen-bond acceptors (Lipinski definition) is 4. The number of hydrogen-bond donors (Lipinski definition) is 3. The molecule has 2 rings (SSSR count). The lowest BCUT2D eigenvalue weighted by molar-refractivity contribution is -0.120. The van der Waals surface area contributed by atoms with Gasteiger partial charge in [0.25, 0.3) is 0 Å². The second kappa shape index (κ2) is 5.22. The molecule has 0 spiro atoms. The number of carbonyl (C=O) groups excluding carboxylic acids is 1. The van der Waals surface area contributed by atoms with Gasteiger partial charge in [-0.2, -0.15) is 0 Å². The summed E-state index contributed by atoms with van der Waals surface area (Å²) in [5.74, 6) is -0.396. The third-order valence-corrected chi connectivity index (χ3v) is 3.68. The highest BCUT2D eigenvalue weighted by Crippen LogP contribution is 2.40. The van der Waals surface area contributed by atoms with Crippen molar-refractivity contribution in [2.45, 2.75) is 6.04 Å². The fourth-order valence-corrected chi connectivity index (χ4v) is 2.41. The third kappa shape index (κ3) is 2.48. The second-order valence-electron chi connectivity index (χ2n) is 4.08. The van der Waals surface area contributed by atoms with Crippen LogP contribution in [0.2, 0.25) is 10.0 Å². The van der Waals surface area contributed by atoms with Gasteiger partial charge in [-0.25, -0.2) is 0 Å². The Morgan fingerprint density at radius 3 is 2.89 bits per heavy atom. The van der Waals surface area contributed by atoms with Gasteiger partial charge >= 0.3 is 0 Å². The summed E-state index contributed by atoms with van der Waals surface area (Å²) in [5.41, 5.74) is 5.71. The first-order chi connectivity index (χ1) is 8.50. The highest BCUT2D eigenvalue weighted by Gasteiger charge is 2.26. The molecule has 0 saturated carbocycles. The van der Waals surface area contributed by atoms with Gasteiger partial charge in [0.1, 0.15) is 11.8 Å². The van der Waals surface area contributed by atoms with Crippen LogP contribution in [0.25, 0.3) is 0 Å². The summed E-state index contributed by atoms with van der Waals surface area (Å²) in [4.78, 5) is 13.0. The molecule has 1 saturated heterocycles. The Bertz CT molecular complexity index is 482. The summed E-state index contributed by atoms with van der Waals surface area (Å²) in [7, 11) is 0. The molecule has 0 aliphatic carbocycles. The van der Waals surface area contributed by atoms with E-state index in [1.54, 1.807) is 4.90 Å². The number of phenols is 1. The zero-order valence-corrected chi connectivity index (χ0v) is 11.0. The van der Waals surface area contributed by atoms with Crippen molar-refractivity contribution < 1.29 is 9.90 Å². The van der Waals surface area contributed by atoms with Gasteiger partial charge in [-0.05, 0) is 12.1 Å². The Hall–Kier alpha value is -1.17. The number of phenolic OH excluding ortho intramolecular Hbond substituents is 1. The summed E-state index contributed by atoms with van der Waals surface area (Å²) >= 11 is 12.0. The number of halogens is 2. The average Bonchev–Trinajstić information content (AvgIpc) is 2.35. The number of nitrogens with zero attached hydrogens (tertiary/aromatic N) is 1. The van der Waals surface area contributed by atoms with E-state index in [1.165, 1.54) is 12.1 Å². The molecule has 5 nitrogen and oxygen atoms in total. The zero-order chi connectivity index (χ0) is 13.3. The molecule has 1 aliphatic rings. The molecule has 1 atom stereocenters. The Balaban J connectivity index is 2.31. The average molecular weight is 290 g/mol. The van der Waals surface area contributed by atoms with Crippen LogP contribution in [0.15, 0.2) is 12.1 Å². The molecule has 1 aromatic rings. The Kier molecular flexibility index (Phi) is 3.85. The van der Waals surface area contributed by atoms with Gasteiger partial charge in [-0.15, -0.1) is 0 Å². The molecule has 98 valence electrons. The fraction of sp³-hybridized carbons (Fsp3) is 0.364. The number of amides is 1. The van der Waals surface area contributed by atoms with Crippen molar-refractivity contribution in [2.24, 2.45) is 5.73 Å². The molecule has 4 N–H and O–H groups in total. The third-order valence-electron chi connectivity index (χ3n) is 2.88. The van der Waals surface area contributed by atoms with Crippen LogP contribution >= 0.6 is 23.2 Å². The summed E-state index contributed by atoms with van der Waals surface area (Å²) in [6, 6.07) is 2.54. The predicted octanol–water partition coefficient (Wildman–Crippen LogP) is 0.962. The second-order valence-corrected chi connectivity index (χ2v) is 4.87. The standard InChI is InChI=1S/C11H13Cl2N3O2/c12-6-1-2-8(17)10(9(6)13)16-4-3-15-7(5-16)11(14)18/h1-2,7,15,17H,3-5H2,(H2,14,18). The smallest absolute Gasteiger partial charge is 0.236 e. The van der Waals surface area contributed by atoms with Crippen LogP contribution in [0.4, 0.5) is 5.69 Å². The van der Waals surface area contributed by atoms with Crippen molar-refractivity contribution in [1.82, 2.24) is 5.32 Å². The summed E-state index contributed by atoms with van der Waals surface area (Å²) in [5, 5.41) is 13.5. The first-order valence-electron chi connectivity index (χ1n) is 5.45. The fourth-order valence-electron chi connectivity index (χ4n) is 1.97. The van der Waals surface area contributed by atoms with Gasteiger partial charge in [-0.1, -0.05) is 23.2 Å². The summed E-state index contributed by atoms with van der Waals surface area (Å²) in [6.45, 7) is 1.54. The van der Waals surface area contributed by atoms with Gasteiger partial charge < -0.3 is 21.1 Å². The number of aromatic hydroxyl groups is 1. The molecule has 1 aliphatic heterocycles. The van der Waals surface area contributed by atoms with Crippen LogP contribution < -0.4 is 16.0 Å². The van der Waals surface area contributed by atoms with Crippen molar-refractivity contribution in [2.75, 3.05) is 24.5 Å². The predicted molar refractivity (Wildman–Crippen MR) is 71.3 cm³/mol. The molecule has 0 aromatic heterocycles. The maximum atomic E-state index is 11.2. The maximum absolute atomic E-state index is 11.2. The number of nitrogens with two attached hydrogens (primary N) is 1. The number of primary amides is 1. The van der Waals surface area contributed by atoms with Crippen molar-refractivity contribution in [3.63, 3.8) is 0 Å². The van der Waals surface area contributed by atoms with E-state index in [0.717, 1.165) is 0 Å². The van der Waals surface area contributed by atoms with Gasteiger partial charge in [-0.3, -0.25) is 4.79 Å². The normalized spacial score (nSPS) is 19.9. The van der Waals surface area contributed by atoms with Crippen LogP contribution in [0.5, 0.6) is 5.75 Å². The molecular weight excluding hydrogens is 277 g/mol. The number of piperazine rings is 1. The Morgan fingerprint density at radius 1 is 1.50 bits per heavy atom. The molecule has 1 amide bonds. The number of anilines is 1. The lowest BCUT2D eigenvalue weighted by Crippen LogP contribution is -2.56. The highest BCUT2D eigenvalue weighted by molar-refractivity contribution is 6.44. The topological polar surface area (TPSA) is 78.6 Å². The lowest BCUT2D eigenvalue weighted by Gasteiger charge is -2.34.